The standard InChI is InChI=1S/C24H27N3O4.ClH/c1-16-8-9-20(30-13-11-25)18(14-16)24(28)27-12-10-21-19(15-27)26-23(31-21)22(29-2)17-6-4-3-5-7-17;/h3-9,14,22H,10-13,15,25H2,1-2H3;1H. The molecule has 0 radical (unpaired) electrons. The molecule has 4 rings (SSSR count). The zero-order valence-electron chi connectivity index (χ0n) is 18.2. The summed E-state index contributed by atoms with van der Waals surface area (Å²) in [5.41, 5.74) is 8.84. The Hall–Kier alpha value is -2.87. The quantitative estimate of drug-likeness (QED) is 0.582. The molecule has 1 aromatic heterocycles. The Morgan fingerprint density at radius 1 is 1.25 bits per heavy atom. The van der Waals surface area contributed by atoms with Crippen molar-refractivity contribution in [2.24, 2.45) is 5.73 Å². The number of oxazole rings is 1. The number of ether oxygens (including phenoxy) is 2. The van der Waals surface area contributed by atoms with E-state index in [9.17, 15) is 4.79 Å². The fourth-order valence-corrected chi connectivity index (χ4v) is 3.79. The highest BCUT2D eigenvalue weighted by atomic mass is 35.5. The molecule has 1 unspecified atom stereocenters. The van der Waals surface area contributed by atoms with Gasteiger partial charge in [0.15, 0.2) is 6.10 Å². The maximum absolute atomic E-state index is 13.3. The fourth-order valence-electron chi connectivity index (χ4n) is 3.79. The number of carbonyl (C=O) groups excluding carboxylic acids is 1. The van der Waals surface area contributed by atoms with Crippen molar-refractivity contribution in [3.63, 3.8) is 0 Å². The average Bonchev–Trinajstić information content (AvgIpc) is 3.21. The number of methoxy groups -OCH3 is 1. The summed E-state index contributed by atoms with van der Waals surface area (Å²) in [4.78, 5) is 19.8. The summed E-state index contributed by atoms with van der Waals surface area (Å²) in [6.07, 6.45) is 0.216. The van der Waals surface area contributed by atoms with Gasteiger partial charge in [0, 0.05) is 26.6 Å². The van der Waals surface area contributed by atoms with Gasteiger partial charge in [0.05, 0.1) is 12.1 Å². The number of benzene rings is 2. The van der Waals surface area contributed by atoms with Gasteiger partial charge in [0.25, 0.3) is 5.91 Å². The molecule has 32 heavy (non-hydrogen) atoms. The molecule has 1 aliphatic rings. The van der Waals surface area contributed by atoms with Crippen LogP contribution in [0.25, 0.3) is 0 Å². The first-order valence-corrected chi connectivity index (χ1v) is 10.4. The number of amides is 1. The van der Waals surface area contributed by atoms with Crippen LogP contribution < -0.4 is 10.5 Å². The Morgan fingerprint density at radius 2 is 2.03 bits per heavy atom. The normalized spacial score (nSPS) is 13.8. The summed E-state index contributed by atoms with van der Waals surface area (Å²) in [5.74, 6) is 1.78. The van der Waals surface area contributed by atoms with Crippen molar-refractivity contribution in [2.45, 2.75) is 26.0 Å². The van der Waals surface area contributed by atoms with Gasteiger partial charge in [0.2, 0.25) is 5.89 Å². The second-order valence-corrected chi connectivity index (χ2v) is 7.56. The lowest BCUT2D eigenvalue weighted by atomic mass is 10.1. The number of nitrogens with zero attached hydrogens (tertiary/aromatic N) is 2. The maximum atomic E-state index is 13.3. The average molecular weight is 458 g/mol. The summed E-state index contributed by atoms with van der Waals surface area (Å²) in [7, 11) is 1.64. The summed E-state index contributed by atoms with van der Waals surface area (Å²) < 4.78 is 17.4. The first kappa shape index (κ1) is 23.8. The number of fused-ring (bicyclic) bond motifs is 1. The number of hydrogen-bond acceptors (Lipinski definition) is 6. The highest BCUT2D eigenvalue weighted by Gasteiger charge is 2.30. The van der Waals surface area contributed by atoms with Gasteiger partial charge in [-0.05, 0) is 24.6 Å². The van der Waals surface area contributed by atoms with Crippen molar-refractivity contribution in [2.75, 3.05) is 26.8 Å². The van der Waals surface area contributed by atoms with E-state index in [0.29, 0.717) is 49.9 Å². The van der Waals surface area contributed by atoms with Gasteiger partial charge in [-0.15, -0.1) is 12.4 Å². The van der Waals surface area contributed by atoms with E-state index in [-0.39, 0.29) is 24.4 Å². The molecule has 0 aliphatic carbocycles. The van der Waals surface area contributed by atoms with E-state index in [1.807, 2.05) is 55.5 Å². The molecule has 1 atom stereocenters. The molecule has 0 saturated heterocycles. The summed E-state index contributed by atoms with van der Waals surface area (Å²) in [5, 5.41) is 0. The monoisotopic (exact) mass is 457 g/mol. The van der Waals surface area contributed by atoms with Gasteiger partial charge in [-0.3, -0.25) is 4.79 Å². The van der Waals surface area contributed by atoms with E-state index in [1.54, 1.807) is 12.0 Å². The molecule has 2 aromatic carbocycles. The van der Waals surface area contributed by atoms with E-state index >= 15 is 0 Å². The lowest BCUT2D eigenvalue weighted by Gasteiger charge is -2.26. The third kappa shape index (κ3) is 4.96. The van der Waals surface area contributed by atoms with Crippen molar-refractivity contribution in [1.29, 1.82) is 0 Å². The van der Waals surface area contributed by atoms with Gasteiger partial charge >= 0.3 is 0 Å². The van der Waals surface area contributed by atoms with E-state index in [4.69, 9.17) is 19.6 Å². The van der Waals surface area contributed by atoms with Crippen LogP contribution in [0.4, 0.5) is 0 Å². The van der Waals surface area contributed by atoms with Crippen LogP contribution in [0.15, 0.2) is 52.9 Å². The molecule has 1 amide bonds. The van der Waals surface area contributed by atoms with Crippen molar-refractivity contribution >= 4 is 18.3 Å². The lowest BCUT2D eigenvalue weighted by Crippen LogP contribution is -2.36. The molecule has 170 valence electrons. The summed E-state index contributed by atoms with van der Waals surface area (Å²) >= 11 is 0. The van der Waals surface area contributed by atoms with Crippen molar-refractivity contribution < 1.29 is 18.7 Å². The van der Waals surface area contributed by atoms with Crippen LogP contribution in [0.5, 0.6) is 5.75 Å². The number of aryl methyl sites for hydroxylation is 1. The molecule has 0 fully saturated rings. The first-order valence-electron chi connectivity index (χ1n) is 10.4. The zero-order chi connectivity index (χ0) is 21.8. The fraction of sp³-hybridized carbons (Fsp3) is 0.333. The van der Waals surface area contributed by atoms with Crippen LogP contribution in [0.1, 0.15) is 44.9 Å². The Bertz CT molecular complexity index is 1050. The number of hydrogen-bond donors (Lipinski definition) is 1. The van der Waals surface area contributed by atoms with Crippen molar-refractivity contribution in [3.8, 4) is 5.75 Å². The molecule has 0 saturated carbocycles. The maximum Gasteiger partial charge on any atom is 0.257 e. The van der Waals surface area contributed by atoms with Crippen molar-refractivity contribution in [3.05, 3.63) is 82.6 Å². The molecule has 3 aromatic rings. The minimum atomic E-state index is -0.385. The van der Waals surface area contributed by atoms with Crippen LogP contribution in [0.3, 0.4) is 0 Å². The smallest absolute Gasteiger partial charge is 0.257 e. The Morgan fingerprint density at radius 3 is 2.75 bits per heavy atom. The number of nitrogens with two attached hydrogens (primary N) is 1. The first-order chi connectivity index (χ1) is 15.1. The lowest BCUT2D eigenvalue weighted by molar-refractivity contribution is 0.0722. The van der Waals surface area contributed by atoms with Crippen LogP contribution in [0.2, 0.25) is 0 Å². The SMILES string of the molecule is COC(c1ccccc1)c1nc2c(o1)CCN(C(=O)c1cc(C)ccc1OCCN)C2.Cl. The molecule has 7 nitrogen and oxygen atoms in total. The minimum absolute atomic E-state index is 0. The topological polar surface area (TPSA) is 90.8 Å². The number of aromatic nitrogens is 1. The molecule has 1 aliphatic heterocycles. The third-order valence-corrected chi connectivity index (χ3v) is 5.33. The molecule has 2 heterocycles. The predicted molar refractivity (Wildman–Crippen MR) is 123 cm³/mol. The minimum Gasteiger partial charge on any atom is -0.491 e. The van der Waals surface area contributed by atoms with E-state index in [2.05, 4.69) is 4.98 Å². The largest absolute Gasteiger partial charge is 0.491 e. The summed E-state index contributed by atoms with van der Waals surface area (Å²) in [6.45, 7) is 3.63. The van der Waals surface area contributed by atoms with Crippen molar-refractivity contribution in [1.82, 2.24) is 9.88 Å². The van der Waals surface area contributed by atoms with E-state index in [0.717, 1.165) is 22.6 Å². The molecular formula is C24H28ClN3O4. The molecule has 2 N–H and O–H groups in total. The molecule has 8 heteroatoms. The number of carbonyl (C=O) groups is 1. The van der Waals surface area contributed by atoms with Gasteiger partial charge < -0.3 is 24.5 Å². The van der Waals surface area contributed by atoms with Crippen LogP contribution in [0, 0.1) is 6.92 Å². The Kier molecular flexibility index (Phi) is 7.90. The van der Waals surface area contributed by atoms with Gasteiger partial charge in [-0.1, -0.05) is 42.0 Å². The zero-order valence-corrected chi connectivity index (χ0v) is 19.1. The number of rotatable bonds is 7. The van der Waals surface area contributed by atoms with Gasteiger partial charge in [-0.2, -0.15) is 0 Å². The number of halogens is 1. The van der Waals surface area contributed by atoms with Crippen LogP contribution >= 0.6 is 12.4 Å². The Labute approximate surface area is 193 Å². The third-order valence-electron chi connectivity index (χ3n) is 5.33. The van der Waals surface area contributed by atoms with E-state index in [1.165, 1.54) is 0 Å². The second kappa shape index (κ2) is 10.6. The Balaban J connectivity index is 0.00000289. The molecule has 0 bridgehead atoms. The van der Waals surface area contributed by atoms with Crippen LogP contribution in [-0.2, 0) is 17.7 Å². The molecule has 0 spiro atoms. The highest BCUT2D eigenvalue weighted by Crippen LogP contribution is 2.30. The van der Waals surface area contributed by atoms with Crippen LogP contribution in [-0.4, -0.2) is 42.6 Å². The molecular weight excluding hydrogens is 430 g/mol. The second-order valence-electron chi connectivity index (χ2n) is 7.56. The van der Waals surface area contributed by atoms with E-state index < -0.39 is 0 Å². The highest BCUT2D eigenvalue weighted by molar-refractivity contribution is 5.97. The van der Waals surface area contributed by atoms with Gasteiger partial charge in [-0.25, -0.2) is 4.98 Å². The predicted octanol–water partition coefficient (Wildman–Crippen LogP) is 3.68. The van der Waals surface area contributed by atoms with Gasteiger partial charge in [0.1, 0.15) is 23.8 Å². The summed E-state index contributed by atoms with van der Waals surface area (Å²) in [6, 6.07) is 15.4.